The number of rotatable bonds is 6. The molecule has 2 fully saturated rings. The van der Waals surface area contributed by atoms with Crippen molar-refractivity contribution in [1.82, 2.24) is 4.90 Å². The van der Waals surface area contributed by atoms with Gasteiger partial charge in [0, 0.05) is 31.7 Å². The average molecular weight is 385 g/mol. The number of carbonyl (C=O) groups excluding carboxylic acids is 1. The first kappa shape index (κ1) is 19.7. The molecule has 0 bridgehead atoms. The minimum Gasteiger partial charge on any atom is -0.481 e. The van der Waals surface area contributed by atoms with Crippen LogP contribution in [0.2, 0.25) is 0 Å². The summed E-state index contributed by atoms with van der Waals surface area (Å²) in [5.74, 6) is -2.24. The predicted molar refractivity (Wildman–Crippen MR) is 90.1 cm³/mol. The van der Waals surface area contributed by atoms with Crippen molar-refractivity contribution in [3.63, 3.8) is 0 Å². The molecule has 5 nitrogen and oxygen atoms in total. The van der Waals surface area contributed by atoms with Crippen LogP contribution in [0.3, 0.4) is 0 Å². The number of hydrogen-bond donors (Lipinski definition) is 1. The standard InChI is InChI=1S/C19H22F3NO4/c20-19(21,22)16-4-2-1-3-13(16)14-11-15(14)18(26)23(8-5-17(24)25)12-6-9-27-10-7-12/h1-4,12,14-15H,5-11H2,(H,24,25)/t14-,15-/m1/s1. The fraction of sp³-hybridized carbons (Fsp3) is 0.579. The lowest BCUT2D eigenvalue weighted by molar-refractivity contribution is -0.142. The Kier molecular flexibility index (Phi) is 5.74. The Morgan fingerprint density at radius 1 is 1.19 bits per heavy atom. The number of alkyl halides is 3. The van der Waals surface area contributed by atoms with Gasteiger partial charge in [-0.1, -0.05) is 18.2 Å². The van der Waals surface area contributed by atoms with Crippen LogP contribution >= 0.6 is 0 Å². The maximum absolute atomic E-state index is 13.2. The fourth-order valence-electron chi connectivity index (χ4n) is 3.79. The van der Waals surface area contributed by atoms with Gasteiger partial charge in [0.2, 0.25) is 5.91 Å². The highest BCUT2D eigenvalue weighted by Crippen LogP contribution is 2.52. The van der Waals surface area contributed by atoms with Gasteiger partial charge in [-0.2, -0.15) is 13.2 Å². The lowest BCUT2D eigenvalue weighted by Gasteiger charge is -2.34. The summed E-state index contributed by atoms with van der Waals surface area (Å²) in [5.41, 5.74) is -0.554. The van der Waals surface area contributed by atoms with Crippen LogP contribution in [0, 0.1) is 5.92 Å². The van der Waals surface area contributed by atoms with E-state index in [1.807, 2.05) is 0 Å². The molecule has 0 unspecified atom stereocenters. The number of halogens is 3. The Hall–Kier alpha value is -2.09. The predicted octanol–water partition coefficient (Wildman–Crippen LogP) is 3.29. The Bertz CT molecular complexity index is 700. The first-order valence-electron chi connectivity index (χ1n) is 9.05. The zero-order valence-electron chi connectivity index (χ0n) is 14.7. The van der Waals surface area contributed by atoms with Crippen LogP contribution < -0.4 is 0 Å². The van der Waals surface area contributed by atoms with Gasteiger partial charge in [0.15, 0.2) is 0 Å². The minimum absolute atomic E-state index is 0.0724. The molecule has 3 rings (SSSR count). The number of carboxylic acids is 1. The summed E-state index contributed by atoms with van der Waals surface area (Å²) < 4.78 is 45.0. The molecule has 2 aliphatic rings. The van der Waals surface area contributed by atoms with E-state index >= 15 is 0 Å². The quantitative estimate of drug-likeness (QED) is 0.816. The highest BCUT2D eigenvalue weighted by molar-refractivity contribution is 5.84. The lowest BCUT2D eigenvalue weighted by Crippen LogP contribution is -2.45. The Balaban J connectivity index is 1.75. The molecule has 1 aromatic carbocycles. The molecule has 1 saturated heterocycles. The molecule has 1 saturated carbocycles. The lowest BCUT2D eigenvalue weighted by atomic mass is 10.0. The molecule has 1 aliphatic heterocycles. The molecule has 8 heteroatoms. The van der Waals surface area contributed by atoms with E-state index in [4.69, 9.17) is 9.84 Å². The van der Waals surface area contributed by atoms with Crippen molar-refractivity contribution in [2.24, 2.45) is 5.92 Å². The van der Waals surface area contributed by atoms with Crippen molar-refractivity contribution in [3.05, 3.63) is 35.4 Å². The normalized spacial score (nSPS) is 23.1. The van der Waals surface area contributed by atoms with Crippen molar-refractivity contribution in [1.29, 1.82) is 0 Å². The van der Waals surface area contributed by atoms with Crippen LogP contribution in [-0.4, -0.2) is 47.7 Å². The van der Waals surface area contributed by atoms with E-state index in [0.29, 0.717) is 32.5 Å². The second-order valence-corrected chi connectivity index (χ2v) is 7.05. The molecule has 2 atom stereocenters. The molecule has 1 N–H and O–H groups in total. The van der Waals surface area contributed by atoms with Crippen LogP contribution in [0.5, 0.6) is 0 Å². The Morgan fingerprint density at radius 2 is 1.85 bits per heavy atom. The molecule has 0 radical (unpaired) electrons. The molecular formula is C19H22F3NO4. The molecule has 1 aromatic rings. The van der Waals surface area contributed by atoms with Crippen molar-refractivity contribution in [2.45, 2.75) is 43.8 Å². The first-order chi connectivity index (χ1) is 12.8. The summed E-state index contributed by atoms with van der Waals surface area (Å²) in [6.07, 6.45) is -3.06. The maximum atomic E-state index is 13.2. The molecule has 27 heavy (non-hydrogen) atoms. The van der Waals surface area contributed by atoms with Crippen molar-refractivity contribution < 1.29 is 32.6 Å². The Labute approximate surface area is 155 Å². The number of hydrogen-bond acceptors (Lipinski definition) is 3. The molecular weight excluding hydrogens is 363 g/mol. The van der Waals surface area contributed by atoms with E-state index < -0.39 is 29.5 Å². The zero-order chi connectivity index (χ0) is 19.6. The summed E-state index contributed by atoms with van der Waals surface area (Å²) in [4.78, 5) is 25.5. The maximum Gasteiger partial charge on any atom is 0.416 e. The van der Waals surface area contributed by atoms with E-state index in [0.717, 1.165) is 6.07 Å². The van der Waals surface area contributed by atoms with Crippen molar-refractivity contribution >= 4 is 11.9 Å². The van der Waals surface area contributed by atoms with E-state index in [1.54, 1.807) is 11.0 Å². The van der Waals surface area contributed by atoms with Gasteiger partial charge in [-0.3, -0.25) is 9.59 Å². The molecule has 1 amide bonds. The van der Waals surface area contributed by atoms with E-state index in [-0.39, 0.29) is 30.5 Å². The molecule has 0 aromatic heterocycles. The number of carboxylic acid groups (broad SMARTS) is 1. The third kappa shape index (κ3) is 4.61. The zero-order valence-corrected chi connectivity index (χ0v) is 14.7. The van der Waals surface area contributed by atoms with Gasteiger partial charge >= 0.3 is 12.1 Å². The number of benzene rings is 1. The van der Waals surface area contributed by atoms with Crippen LogP contribution in [0.4, 0.5) is 13.2 Å². The third-order valence-electron chi connectivity index (χ3n) is 5.25. The molecule has 0 spiro atoms. The van der Waals surface area contributed by atoms with E-state index in [1.165, 1.54) is 12.1 Å². The monoisotopic (exact) mass is 385 g/mol. The van der Waals surface area contributed by atoms with Crippen molar-refractivity contribution in [2.75, 3.05) is 19.8 Å². The summed E-state index contributed by atoms with van der Waals surface area (Å²) in [5, 5.41) is 8.97. The summed E-state index contributed by atoms with van der Waals surface area (Å²) in [6.45, 7) is 1.06. The number of aliphatic carboxylic acids is 1. The smallest absolute Gasteiger partial charge is 0.416 e. The summed E-state index contributed by atoms with van der Waals surface area (Å²) in [6, 6.07) is 5.23. The van der Waals surface area contributed by atoms with Gasteiger partial charge in [-0.25, -0.2) is 0 Å². The first-order valence-corrected chi connectivity index (χ1v) is 9.05. The van der Waals surface area contributed by atoms with E-state index in [2.05, 4.69) is 0 Å². The van der Waals surface area contributed by atoms with Gasteiger partial charge in [0.25, 0.3) is 0 Å². The van der Waals surface area contributed by atoms with Crippen LogP contribution in [0.25, 0.3) is 0 Å². The van der Waals surface area contributed by atoms with E-state index in [9.17, 15) is 22.8 Å². The Morgan fingerprint density at radius 3 is 2.48 bits per heavy atom. The molecule has 1 aliphatic carbocycles. The summed E-state index contributed by atoms with van der Waals surface area (Å²) >= 11 is 0. The largest absolute Gasteiger partial charge is 0.481 e. The van der Waals surface area contributed by atoms with Crippen LogP contribution in [-0.2, 0) is 20.5 Å². The van der Waals surface area contributed by atoms with Gasteiger partial charge in [-0.15, -0.1) is 0 Å². The number of nitrogens with zero attached hydrogens (tertiary/aromatic N) is 1. The number of amides is 1. The second-order valence-electron chi connectivity index (χ2n) is 7.05. The molecule has 148 valence electrons. The van der Waals surface area contributed by atoms with Crippen LogP contribution in [0.1, 0.15) is 42.7 Å². The van der Waals surface area contributed by atoms with Gasteiger partial charge in [0.05, 0.1) is 12.0 Å². The average Bonchev–Trinajstić information content (AvgIpc) is 3.42. The van der Waals surface area contributed by atoms with Gasteiger partial charge in [0.1, 0.15) is 0 Å². The fourth-order valence-corrected chi connectivity index (χ4v) is 3.79. The van der Waals surface area contributed by atoms with Gasteiger partial charge in [-0.05, 0) is 36.8 Å². The highest BCUT2D eigenvalue weighted by Gasteiger charge is 2.49. The molecule has 1 heterocycles. The number of ether oxygens (including phenoxy) is 1. The highest BCUT2D eigenvalue weighted by atomic mass is 19.4. The van der Waals surface area contributed by atoms with Crippen molar-refractivity contribution in [3.8, 4) is 0 Å². The topological polar surface area (TPSA) is 66.8 Å². The van der Waals surface area contributed by atoms with Crippen LogP contribution in [0.15, 0.2) is 24.3 Å². The van der Waals surface area contributed by atoms with Gasteiger partial charge < -0.3 is 14.7 Å². The SMILES string of the molecule is O=C(O)CCN(C(=O)[C@@H]1C[C@@H]1c1ccccc1C(F)(F)F)C1CCOCC1. The summed E-state index contributed by atoms with van der Waals surface area (Å²) in [7, 11) is 0. The second kappa shape index (κ2) is 7.88. The minimum atomic E-state index is -4.46. The third-order valence-corrected chi connectivity index (χ3v) is 5.25. The number of carbonyl (C=O) groups is 2.